The SMILES string of the molecule is c1ccc(-c2ccc(-c3c4oc5ccc(N(c6ccc(-c7ccccc7)cc6)c6ccc(-c7cccc8c7sc7ccccc78)cc6)cc5c4cc4oc5ccccc5c34)cc2)cc1. The molecular weight excluding hydrogens is 799 g/mol. The number of fused-ring (bicyclic) bond motifs is 9. The molecule has 0 aliphatic carbocycles. The Morgan fingerprint density at radius 3 is 1.59 bits per heavy atom. The third-order valence-electron chi connectivity index (χ3n) is 12.7. The Labute approximate surface area is 373 Å². The summed E-state index contributed by atoms with van der Waals surface area (Å²) in [6.07, 6.45) is 0. The van der Waals surface area contributed by atoms with Gasteiger partial charge in [-0.3, -0.25) is 0 Å². The number of benzene rings is 10. The van der Waals surface area contributed by atoms with Gasteiger partial charge in [-0.2, -0.15) is 0 Å². The van der Waals surface area contributed by atoms with E-state index in [1.54, 1.807) is 0 Å². The van der Waals surface area contributed by atoms with Crippen molar-refractivity contribution in [1.29, 1.82) is 0 Å². The maximum Gasteiger partial charge on any atom is 0.144 e. The van der Waals surface area contributed by atoms with Gasteiger partial charge in [-0.05, 0) is 99.6 Å². The van der Waals surface area contributed by atoms with Crippen molar-refractivity contribution in [2.24, 2.45) is 0 Å². The molecule has 0 N–H and O–H groups in total. The maximum atomic E-state index is 6.95. The number of hydrogen-bond donors (Lipinski definition) is 0. The van der Waals surface area contributed by atoms with Crippen LogP contribution in [-0.4, -0.2) is 0 Å². The smallest absolute Gasteiger partial charge is 0.144 e. The van der Waals surface area contributed by atoms with Crippen molar-refractivity contribution in [3.8, 4) is 44.5 Å². The van der Waals surface area contributed by atoms with Gasteiger partial charge < -0.3 is 13.7 Å². The van der Waals surface area contributed by atoms with Gasteiger partial charge in [-0.15, -0.1) is 11.3 Å². The third-order valence-corrected chi connectivity index (χ3v) is 13.9. The van der Waals surface area contributed by atoms with Crippen LogP contribution in [0.2, 0.25) is 0 Å². The van der Waals surface area contributed by atoms with Gasteiger partial charge in [0, 0.05) is 64.3 Å². The molecule has 0 saturated carbocycles. The van der Waals surface area contributed by atoms with Gasteiger partial charge in [0.25, 0.3) is 0 Å². The quantitative estimate of drug-likeness (QED) is 0.160. The van der Waals surface area contributed by atoms with Crippen LogP contribution in [0.25, 0.3) is 109 Å². The molecule has 0 spiro atoms. The molecular formula is C60H37NO2S. The lowest BCUT2D eigenvalue weighted by atomic mass is 9.95. The van der Waals surface area contributed by atoms with Crippen molar-refractivity contribution >= 4 is 92.4 Å². The molecule has 3 heterocycles. The summed E-state index contributed by atoms with van der Waals surface area (Å²) < 4.78 is 16.2. The number of furan rings is 2. The molecule has 0 radical (unpaired) electrons. The Morgan fingerprint density at radius 1 is 0.328 bits per heavy atom. The zero-order valence-corrected chi connectivity index (χ0v) is 35.4. The second-order valence-electron chi connectivity index (χ2n) is 16.4. The van der Waals surface area contributed by atoms with Gasteiger partial charge in [0.15, 0.2) is 0 Å². The molecule has 0 aliphatic rings. The van der Waals surface area contributed by atoms with Crippen molar-refractivity contribution in [3.63, 3.8) is 0 Å². The van der Waals surface area contributed by atoms with Crippen LogP contribution >= 0.6 is 11.3 Å². The lowest BCUT2D eigenvalue weighted by Crippen LogP contribution is -2.09. The number of thiophene rings is 1. The van der Waals surface area contributed by atoms with Gasteiger partial charge >= 0.3 is 0 Å². The van der Waals surface area contributed by atoms with Crippen LogP contribution in [0.15, 0.2) is 233 Å². The highest BCUT2D eigenvalue weighted by Crippen LogP contribution is 2.47. The number of rotatable bonds is 7. The van der Waals surface area contributed by atoms with Crippen molar-refractivity contribution in [2.45, 2.75) is 0 Å². The van der Waals surface area contributed by atoms with Crippen LogP contribution in [0.3, 0.4) is 0 Å². The fourth-order valence-corrected chi connectivity index (χ4v) is 10.9. The van der Waals surface area contributed by atoms with Crippen LogP contribution < -0.4 is 4.90 Å². The monoisotopic (exact) mass is 835 g/mol. The van der Waals surface area contributed by atoms with Crippen LogP contribution in [0.1, 0.15) is 0 Å². The summed E-state index contributed by atoms with van der Waals surface area (Å²) in [5.41, 5.74) is 15.8. The fourth-order valence-electron chi connectivity index (χ4n) is 9.62. The molecule has 10 aromatic carbocycles. The van der Waals surface area contributed by atoms with E-state index in [9.17, 15) is 0 Å². The summed E-state index contributed by atoms with van der Waals surface area (Å²) in [6.45, 7) is 0. The number of nitrogens with zero attached hydrogens (tertiary/aromatic N) is 1. The van der Waals surface area contributed by atoms with Crippen molar-refractivity contribution in [3.05, 3.63) is 224 Å². The molecule has 64 heavy (non-hydrogen) atoms. The first-order chi connectivity index (χ1) is 31.7. The second-order valence-corrected chi connectivity index (χ2v) is 17.5. The lowest BCUT2D eigenvalue weighted by molar-refractivity contribution is 0.664. The molecule has 0 saturated heterocycles. The molecule has 0 atom stereocenters. The minimum Gasteiger partial charge on any atom is -0.456 e. The third kappa shape index (κ3) is 5.95. The first-order valence-electron chi connectivity index (χ1n) is 21.6. The fraction of sp³-hybridized carbons (Fsp3) is 0. The zero-order valence-electron chi connectivity index (χ0n) is 34.5. The molecule has 0 unspecified atom stereocenters. The average molecular weight is 836 g/mol. The largest absolute Gasteiger partial charge is 0.456 e. The Bertz CT molecular complexity index is 3860. The number of anilines is 3. The van der Waals surface area contributed by atoms with Gasteiger partial charge in [-0.1, -0.05) is 164 Å². The minimum atomic E-state index is 0.823. The molecule has 0 aliphatic heterocycles. The molecule has 4 heteroatoms. The summed E-state index contributed by atoms with van der Waals surface area (Å²) in [6, 6.07) is 80.2. The first-order valence-corrected chi connectivity index (χ1v) is 22.5. The average Bonchev–Trinajstić information content (AvgIpc) is 4.06. The van der Waals surface area contributed by atoms with Gasteiger partial charge in [0.1, 0.15) is 22.3 Å². The van der Waals surface area contributed by atoms with Crippen LogP contribution in [0.4, 0.5) is 17.1 Å². The zero-order chi connectivity index (χ0) is 42.1. The predicted molar refractivity (Wildman–Crippen MR) is 270 cm³/mol. The van der Waals surface area contributed by atoms with Crippen LogP contribution in [-0.2, 0) is 0 Å². The molecule has 3 nitrogen and oxygen atoms in total. The van der Waals surface area contributed by atoms with Gasteiger partial charge in [0.2, 0.25) is 0 Å². The van der Waals surface area contributed by atoms with Gasteiger partial charge in [0.05, 0.1) is 0 Å². The Balaban J connectivity index is 0.978. The molecule has 300 valence electrons. The molecule has 3 aromatic heterocycles. The number of hydrogen-bond acceptors (Lipinski definition) is 4. The first kappa shape index (κ1) is 36.5. The van der Waals surface area contributed by atoms with E-state index in [1.165, 1.54) is 53.6 Å². The number of para-hydroxylation sites is 1. The van der Waals surface area contributed by atoms with E-state index in [1.807, 2.05) is 23.5 Å². The predicted octanol–water partition coefficient (Wildman–Crippen LogP) is 18.0. The minimum absolute atomic E-state index is 0.823. The summed E-state index contributed by atoms with van der Waals surface area (Å²) in [7, 11) is 0. The summed E-state index contributed by atoms with van der Waals surface area (Å²) in [5, 5.41) is 6.77. The standard InChI is InChI=1S/C60H37NO2S/c1-3-12-38(13-4-1)40-22-24-43(25-23-40)57-58-50-17-7-9-20-53(50)62-55(58)37-52-51-36-46(34-35-54(51)63-59(52)57)61(44-30-26-41(27-31-44)39-14-5-2-6-15-39)45-32-28-42(29-33-45)47-18-11-19-49-48-16-8-10-21-56(48)64-60(47)49/h1-37H. The van der Waals surface area contributed by atoms with E-state index in [4.69, 9.17) is 8.83 Å². The summed E-state index contributed by atoms with van der Waals surface area (Å²) >= 11 is 1.86. The van der Waals surface area contributed by atoms with E-state index < -0.39 is 0 Å². The van der Waals surface area contributed by atoms with E-state index in [2.05, 4.69) is 217 Å². The topological polar surface area (TPSA) is 29.5 Å². The molecule has 0 fully saturated rings. The van der Waals surface area contributed by atoms with Crippen molar-refractivity contribution < 1.29 is 8.83 Å². The molecule has 0 bridgehead atoms. The summed E-state index contributed by atoms with van der Waals surface area (Å²) in [4.78, 5) is 2.35. The maximum absolute atomic E-state index is 6.95. The van der Waals surface area contributed by atoms with E-state index in [0.29, 0.717) is 0 Å². The molecule has 13 rings (SSSR count). The van der Waals surface area contributed by atoms with E-state index >= 15 is 0 Å². The second kappa shape index (κ2) is 14.7. The van der Waals surface area contributed by atoms with E-state index in [-0.39, 0.29) is 0 Å². The Hall–Kier alpha value is -8.18. The molecule has 0 amide bonds. The highest BCUT2D eigenvalue weighted by Gasteiger charge is 2.23. The van der Waals surface area contributed by atoms with Gasteiger partial charge in [-0.25, -0.2) is 0 Å². The van der Waals surface area contributed by atoms with Crippen LogP contribution in [0, 0.1) is 0 Å². The summed E-state index contributed by atoms with van der Waals surface area (Å²) in [5.74, 6) is 0. The highest BCUT2D eigenvalue weighted by molar-refractivity contribution is 7.26. The van der Waals surface area contributed by atoms with Crippen molar-refractivity contribution in [1.82, 2.24) is 0 Å². The highest BCUT2D eigenvalue weighted by atomic mass is 32.1. The van der Waals surface area contributed by atoms with E-state index in [0.717, 1.165) is 72.1 Å². The Kier molecular flexibility index (Phi) is 8.40. The normalized spacial score (nSPS) is 11.8. The molecule has 13 aromatic rings. The Morgan fingerprint density at radius 2 is 0.875 bits per heavy atom. The van der Waals surface area contributed by atoms with Crippen LogP contribution in [0.5, 0.6) is 0 Å². The van der Waals surface area contributed by atoms with Crippen molar-refractivity contribution in [2.75, 3.05) is 4.90 Å². The lowest BCUT2D eigenvalue weighted by Gasteiger charge is -2.26.